The molecule has 4 heteroatoms. The van der Waals surface area contributed by atoms with Gasteiger partial charge in [-0.25, -0.2) is 0 Å². The summed E-state index contributed by atoms with van der Waals surface area (Å²) in [5.41, 5.74) is 2.32. The van der Waals surface area contributed by atoms with Gasteiger partial charge in [0.05, 0.1) is 0 Å². The zero-order chi connectivity index (χ0) is 15.9. The first-order chi connectivity index (χ1) is 10.5. The highest BCUT2D eigenvalue weighted by molar-refractivity contribution is 9.10. The number of fused-ring (bicyclic) bond motifs is 1. The predicted octanol–water partition coefficient (Wildman–Crippen LogP) is 3.80. The molecular weight excluding hydrogens is 344 g/mol. The van der Waals surface area contributed by atoms with Crippen molar-refractivity contribution in [3.63, 3.8) is 0 Å². The summed E-state index contributed by atoms with van der Waals surface area (Å²) in [5, 5.41) is 10.6. The molecule has 2 aromatic carbocycles. The Morgan fingerprint density at radius 1 is 1.05 bits per heavy atom. The summed E-state index contributed by atoms with van der Waals surface area (Å²) in [6, 6.07) is 12.1. The summed E-state index contributed by atoms with van der Waals surface area (Å²) in [5.74, 6) is -0.552. The molecule has 0 fully saturated rings. The van der Waals surface area contributed by atoms with E-state index < -0.39 is 6.10 Å². The van der Waals surface area contributed by atoms with Gasteiger partial charge < -0.3 is 5.11 Å². The Labute approximate surface area is 136 Å². The van der Waals surface area contributed by atoms with Gasteiger partial charge in [0.1, 0.15) is 6.10 Å². The lowest BCUT2D eigenvalue weighted by Gasteiger charge is -2.20. The molecule has 0 aliphatic heterocycles. The maximum atomic E-state index is 12.6. The van der Waals surface area contributed by atoms with Gasteiger partial charge in [-0.15, -0.1) is 0 Å². The summed E-state index contributed by atoms with van der Waals surface area (Å²) in [6.07, 6.45) is 0.134. The normalized spacial score (nSPS) is 15.3. The van der Waals surface area contributed by atoms with E-state index in [9.17, 15) is 14.7 Å². The van der Waals surface area contributed by atoms with Gasteiger partial charge >= 0.3 is 0 Å². The van der Waals surface area contributed by atoms with Crippen molar-refractivity contribution in [2.75, 3.05) is 0 Å². The number of Topliss-reactive ketones (excluding diaryl/α,β-unsaturated/α-hetero) is 1. The molecule has 1 aliphatic carbocycles. The van der Waals surface area contributed by atoms with Crippen LogP contribution < -0.4 is 0 Å². The van der Waals surface area contributed by atoms with Crippen LogP contribution in [0.3, 0.4) is 0 Å². The fourth-order valence-electron chi connectivity index (χ4n) is 2.65. The number of benzene rings is 2. The Kier molecular flexibility index (Phi) is 3.81. The summed E-state index contributed by atoms with van der Waals surface area (Å²) >= 11 is 3.37. The van der Waals surface area contributed by atoms with Crippen molar-refractivity contribution in [2.45, 2.75) is 13.0 Å². The highest BCUT2D eigenvalue weighted by Gasteiger charge is 2.30. The van der Waals surface area contributed by atoms with Crippen molar-refractivity contribution < 1.29 is 14.7 Å². The molecule has 0 aromatic heterocycles. The van der Waals surface area contributed by atoms with E-state index in [1.54, 1.807) is 36.4 Å². The lowest BCUT2D eigenvalue weighted by atomic mass is 9.84. The molecule has 0 heterocycles. The second kappa shape index (κ2) is 5.63. The average Bonchev–Trinajstić information content (AvgIpc) is 2.50. The highest BCUT2D eigenvalue weighted by atomic mass is 79.9. The topological polar surface area (TPSA) is 54.4 Å². The van der Waals surface area contributed by atoms with Crippen molar-refractivity contribution >= 4 is 27.5 Å². The van der Waals surface area contributed by atoms with Crippen molar-refractivity contribution in [3.8, 4) is 0 Å². The number of allylic oxidation sites excluding steroid dienone is 1. The molecule has 1 aliphatic rings. The maximum Gasteiger partial charge on any atom is 0.192 e. The zero-order valence-electron chi connectivity index (χ0n) is 11.8. The molecular formula is C18H13BrO3. The molecule has 0 bridgehead atoms. The molecule has 1 N–H and O–H groups in total. The third-order valence-electron chi connectivity index (χ3n) is 3.81. The van der Waals surface area contributed by atoms with Crippen LogP contribution >= 0.6 is 15.9 Å². The SMILES string of the molecule is Cc1cc(Br)ccc1C(O)C1=CC(=O)c2ccccc2C1=O. The second-order valence-corrected chi connectivity index (χ2v) is 6.16. The average molecular weight is 357 g/mol. The monoisotopic (exact) mass is 356 g/mol. The standard InChI is InChI=1S/C18H13BrO3/c1-10-8-11(19)6-7-12(10)17(21)15-9-16(20)13-4-2-3-5-14(13)18(15)22/h2-9,17,21H,1H3. The predicted molar refractivity (Wildman–Crippen MR) is 87.0 cm³/mol. The summed E-state index contributed by atoms with van der Waals surface area (Å²) in [7, 11) is 0. The number of rotatable bonds is 2. The number of ketones is 2. The molecule has 2 aromatic rings. The number of hydrogen-bond donors (Lipinski definition) is 1. The van der Waals surface area contributed by atoms with Crippen molar-refractivity contribution in [1.82, 2.24) is 0 Å². The first-order valence-corrected chi connectivity index (χ1v) is 7.62. The zero-order valence-corrected chi connectivity index (χ0v) is 13.4. The minimum Gasteiger partial charge on any atom is -0.383 e. The van der Waals surface area contributed by atoms with E-state index in [2.05, 4.69) is 15.9 Å². The maximum absolute atomic E-state index is 12.6. The second-order valence-electron chi connectivity index (χ2n) is 5.24. The number of aliphatic hydroxyl groups is 1. The van der Waals surface area contributed by atoms with Gasteiger partial charge in [0.15, 0.2) is 11.6 Å². The van der Waals surface area contributed by atoms with Crippen molar-refractivity contribution in [1.29, 1.82) is 0 Å². The third-order valence-corrected chi connectivity index (χ3v) is 4.30. The quantitative estimate of drug-likeness (QED) is 0.890. The molecule has 110 valence electrons. The van der Waals surface area contributed by atoms with Crippen LogP contribution in [-0.2, 0) is 0 Å². The van der Waals surface area contributed by atoms with Crippen LogP contribution in [-0.4, -0.2) is 16.7 Å². The Morgan fingerprint density at radius 3 is 2.41 bits per heavy atom. The van der Waals surface area contributed by atoms with Gasteiger partial charge in [-0.3, -0.25) is 9.59 Å². The van der Waals surface area contributed by atoms with Gasteiger partial charge in [0.25, 0.3) is 0 Å². The van der Waals surface area contributed by atoms with Crippen LogP contribution in [0.5, 0.6) is 0 Å². The van der Waals surface area contributed by atoms with E-state index in [4.69, 9.17) is 0 Å². The molecule has 0 spiro atoms. The summed E-state index contributed by atoms with van der Waals surface area (Å²) in [6.45, 7) is 1.85. The van der Waals surface area contributed by atoms with E-state index in [1.807, 2.05) is 13.0 Å². The number of carbonyl (C=O) groups is 2. The summed E-state index contributed by atoms with van der Waals surface area (Å²) in [4.78, 5) is 24.7. The number of halogens is 1. The molecule has 22 heavy (non-hydrogen) atoms. The van der Waals surface area contributed by atoms with E-state index >= 15 is 0 Å². The lowest BCUT2D eigenvalue weighted by molar-refractivity contribution is 0.0946. The smallest absolute Gasteiger partial charge is 0.192 e. The van der Waals surface area contributed by atoms with Crippen LogP contribution in [0.15, 0.2) is 58.6 Å². The van der Waals surface area contributed by atoms with E-state index in [-0.39, 0.29) is 17.1 Å². The van der Waals surface area contributed by atoms with Crippen LogP contribution in [0.4, 0.5) is 0 Å². The first kappa shape index (κ1) is 14.9. The Morgan fingerprint density at radius 2 is 1.73 bits per heavy atom. The van der Waals surface area contributed by atoms with Crippen molar-refractivity contribution in [2.24, 2.45) is 0 Å². The minimum atomic E-state index is -1.11. The number of aryl methyl sites for hydroxylation is 1. The molecule has 0 radical (unpaired) electrons. The van der Waals surface area contributed by atoms with Crippen LogP contribution in [0, 0.1) is 6.92 Å². The van der Waals surface area contributed by atoms with Crippen LogP contribution in [0.1, 0.15) is 37.9 Å². The molecule has 0 saturated carbocycles. The number of aliphatic hydroxyl groups excluding tert-OH is 1. The molecule has 3 rings (SSSR count). The minimum absolute atomic E-state index is 0.120. The van der Waals surface area contributed by atoms with Gasteiger partial charge in [0, 0.05) is 21.2 Å². The van der Waals surface area contributed by atoms with E-state index in [0.29, 0.717) is 16.7 Å². The van der Waals surface area contributed by atoms with Crippen LogP contribution in [0.25, 0.3) is 0 Å². The van der Waals surface area contributed by atoms with Crippen molar-refractivity contribution in [3.05, 3.63) is 80.8 Å². The number of carbonyl (C=O) groups excluding carboxylic acids is 2. The van der Waals surface area contributed by atoms with Gasteiger partial charge in [-0.05, 0) is 36.3 Å². The third kappa shape index (κ3) is 2.45. The fraction of sp³-hybridized carbons (Fsp3) is 0.111. The molecule has 3 nitrogen and oxygen atoms in total. The Balaban J connectivity index is 2.05. The largest absolute Gasteiger partial charge is 0.383 e. The van der Waals surface area contributed by atoms with E-state index in [0.717, 1.165) is 10.0 Å². The van der Waals surface area contributed by atoms with Gasteiger partial charge in [-0.2, -0.15) is 0 Å². The van der Waals surface area contributed by atoms with E-state index in [1.165, 1.54) is 6.08 Å². The van der Waals surface area contributed by atoms with Crippen LogP contribution in [0.2, 0.25) is 0 Å². The molecule has 0 amide bonds. The molecule has 0 saturated heterocycles. The fourth-order valence-corrected chi connectivity index (χ4v) is 3.13. The molecule has 1 unspecified atom stereocenters. The number of hydrogen-bond acceptors (Lipinski definition) is 3. The lowest BCUT2D eigenvalue weighted by Crippen LogP contribution is -2.21. The van der Waals surface area contributed by atoms with Gasteiger partial charge in [0.2, 0.25) is 0 Å². The summed E-state index contributed by atoms with van der Waals surface area (Å²) < 4.78 is 0.895. The first-order valence-electron chi connectivity index (χ1n) is 6.83. The highest BCUT2D eigenvalue weighted by Crippen LogP contribution is 2.32. The Hall–Kier alpha value is -2.04. The Bertz CT molecular complexity index is 821. The molecule has 1 atom stereocenters. The van der Waals surface area contributed by atoms with Gasteiger partial charge in [-0.1, -0.05) is 46.3 Å².